The number of anilines is 1. The van der Waals surface area contributed by atoms with Crippen LogP contribution >= 0.6 is 0 Å². The molecule has 1 aromatic rings. The molecule has 0 bridgehead atoms. The maximum atomic E-state index is 13.0. The molecule has 1 aromatic carbocycles. The lowest BCUT2D eigenvalue weighted by Crippen LogP contribution is -2.46. The van der Waals surface area contributed by atoms with E-state index in [9.17, 15) is 8.78 Å². The molecule has 0 aliphatic carbocycles. The summed E-state index contributed by atoms with van der Waals surface area (Å²) in [6.07, 6.45) is -2.50. The Morgan fingerprint density at radius 3 is 2.40 bits per heavy atom. The minimum atomic E-state index is -2.50. The Morgan fingerprint density at radius 2 is 1.80 bits per heavy atom. The van der Waals surface area contributed by atoms with Crippen molar-refractivity contribution in [2.75, 3.05) is 45.1 Å². The van der Waals surface area contributed by atoms with Crippen LogP contribution in [0.5, 0.6) is 0 Å². The Kier molecular flexibility index (Phi) is 5.28. The number of piperazine rings is 1. The fraction of sp³-hybridized carbons (Fsp3) is 0.571. The zero-order valence-corrected chi connectivity index (χ0v) is 11.4. The topological polar surface area (TPSA) is 52.7 Å². The van der Waals surface area contributed by atoms with Gasteiger partial charge in [-0.25, -0.2) is 8.78 Å². The van der Waals surface area contributed by atoms with Crippen LogP contribution in [0.15, 0.2) is 18.2 Å². The van der Waals surface area contributed by atoms with E-state index >= 15 is 0 Å². The van der Waals surface area contributed by atoms with E-state index in [-0.39, 0.29) is 12.2 Å². The Hall–Kier alpha value is -1.24. The molecule has 2 rings (SSSR count). The van der Waals surface area contributed by atoms with Crippen molar-refractivity contribution in [3.05, 3.63) is 29.3 Å². The molecule has 4 nitrogen and oxygen atoms in total. The Bertz CT molecular complexity index is 434. The van der Waals surface area contributed by atoms with E-state index in [1.165, 1.54) is 6.07 Å². The molecule has 1 aliphatic heterocycles. The van der Waals surface area contributed by atoms with Crippen LogP contribution in [-0.2, 0) is 6.54 Å². The molecular formula is C14H21F2N3O. The van der Waals surface area contributed by atoms with Gasteiger partial charge in [-0.3, -0.25) is 9.80 Å². The minimum Gasteiger partial charge on any atom is -0.399 e. The van der Waals surface area contributed by atoms with Crippen LogP contribution in [0.4, 0.5) is 14.5 Å². The highest BCUT2D eigenvalue weighted by atomic mass is 19.3. The maximum absolute atomic E-state index is 13.0. The SMILES string of the molecule is Nc1ccc(CN2CCN(CCO)CC2)c(C(F)F)c1. The first kappa shape index (κ1) is 15.2. The molecule has 3 N–H and O–H groups in total. The summed E-state index contributed by atoms with van der Waals surface area (Å²) >= 11 is 0. The van der Waals surface area contributed by atoms with Crippen LogP contribution < -0.4 is 5.73 Å². The van der Waals surface area contributed by atoms with Crippen molar-refractivity contribution in [2.45, 2.75) is 13.0 Å². The van der Waals surface area contributed by atoms with Crippen LogP contribution in [0.3, 0.4) is 0 Å². The van der Waals surface area contributed by atoms with Gasteiger partial charge in [0.2, 0.25) is 0 Å². The van der Waals surface area contributed by atoms with E-state index < -0.39 is 6.43 Å². The fourth-order valence-electron chi connectivity index (χ4n) is 2.51. The summed E-state index contributed by atoms with van der Waals surface area (Å²) in [5.74, 6) is 0. The lowest BCUT2D eigenvalue weighted by atomic mass is 10.1. The van der Waals surface area contributed by atoms with E-state index in [2.05, 4.69) is 9.80 Å². The van der Waals surface area contributed by atoms with Crippen LogP contribution in [0.1, 0.15) is 17.6 Å². The molecule has 20 heavy (non-hydrogen) atoms. The van der Waals surface area contributed by atoms with Crippen molar-refractivity contribution in [2.24, 2.45) is 0 Å². The third kappa shape index (κ3) is 3.88. The normalized spacial score (nSPS) is 17.8. The monoisotopic (exact) mass is 285 g/mol. The largest absolute Gasteiger partial charge is 0.399 e. The molecule has 0 spiro atoms. The number of nitrogen functional groups attached to an aromatic ring is 1. The number of alkyl halides is 2. The highest BCUT2D eigenvalue weighted by Crippen LogP contribution is 2.26. The molecular weight excluding hydrogens is 264 g/mol. The van der Waals surface area contributed by atoms with E-state index in [1.54, 1.807) is 12.1 Å². The van der Waals surface area contributed by atoms with Gasteiger partial charge in [-0.05, 0) is 17.7 Å². The van der Waals surface area contributed by atoms with Crippen molar-refractivity contribution < 1.29 is 13.9 Å². The Morgan fingerprint density at radius 1 is 1.15 bits per heavy atom. The van der Waals surface area contributed by atoms with Crippen molar-refractivity contribution >= 4 is 5.69 Å². The average Bonchev–Trinajstić information content (AvgIpc) is 2.43. The smallest absolute Gasteiger partial charge is 0.264 e. The minimum absolute atomic E-state index is 0.0304. The molecule has 6 heteroatoms. The number of aliphatic hydroxyl groups excluding tert-OH is 1. The molecule has 1 aliphatic rings. The highest BCUT2D eigenvalue weighted by Gasteiger charge is 2.19. The van der Waals surface area contributed by atoms with Gasteiger partial charge in [0, 0.05) is 50.5 Å². The molecule has 0 radical (unpaired) electrons. The van der Waals surface area contributed by atoms with Crippen LogP contribution in [0.2, 0.25) is 0 Å². The Balaban J connectivity index is 1.97. The van der Waals surface area contributed by atoms with Crippen molar-refractivity contribution in [3.8, 4) is 0 Å². The van der Waals surface area contributed by atoms with E-state index in [0.29, 0.717) is 24.3 Å². The average molecular weight is 285 g/mol. The first-order valence-corrected chi connectivity index (χ1v) is 6.82. The third-order valence-electron chi connectivity index (χ3n) is 3.68. The van der Waals surface area contributed by atoms with Gasteiger partial charge in [0.15, 0.2) is 0 Å². The lowest BCUT2D eigenvalue weighted by Gasteiger charge is -2.34. The predicted molar refractivity (Wildman–Crippen MR) is 74.6 cm³/mol. The predicted octanol–water partition coefficient (Wildman–Crippen LogP) is 1.32. The molecule has 0 saturated carbocycles. The van der Waals surface area contributed by atoms with Gasteiger partial charge in [0.05, 0.1) is 6.61 Å². The van der Waals surface area contributed by atoms with Gasteiger partial charge in [-0.2, -0.15) is 0 Å². The number of rotatable bonds is 5. The standard InChI is InChI=1S/C14H21F2N3O/c15-14(16)13-9-12(17)2-1-11(13)10-19-5-3-18(4-6-19)7-8-20/h1-2,9,14,20H,3-8,10,17H2. The number of β-amino-alcohol motifs (C(OH)–C–C–N with tert-alkyl or cyclic N) is 1. The fourth-order valence-corrected chi connectivity index (χ4v) is 2.51. The molecule has 1 saturated heterocycles. The van der Waals surface area contributed by atoms with Gasteiger partial charge in [0.1, 0.15) is 0 Å². The van der Waals surface area contributed by atoms with Crippen LogP contribution in [0, 0.1) is 0 Å². The second-order valence-corrected chi connectivity index (χ2v) is 5.10. The van der Waals surface area contributed by atoms with Crippen LogP contribution in [0.25, 0.3) is 0 Å². The number of nitrogens with zero attached hydrogens (tertiary/aromatic N) is 2. The summed E-state index contributed by atoms with van der Waals surface area (Å²) in [4.78, 5) is 4.33. The summed E-state index contributed by atoms with van der Waals surface area (Å²) in [5.41, 5.74) is 6.62. The molecule has 0 aromatic heterocycles. The summed E-state index contributed by atoms with van der Waals surface area (Å²) in [7, 11) is 0. The summed E-state index contributed by atoms with van der Waals surface area (Å²) < 4.78 is 26.0. The zero-order valence-electron chi connectivity index (χ0n) is 11.4. The molecule has 0 unspecified atom stereocenters. The Labute approximate surface area is 117 Å². The van der Waals surface area contributed by atoms with Gasteiger partial charge >= 0.3 is 0 Å². The second-order valence-electron chi connectivity index (χ2n) is 5.10. The molecule has 0 atom stereocenters. The highest BCUT2D eigenvalue weighted by molar-refractivity contribution is 5.45. The number of hydrogen-bond acceptors (Lipinski definition) is 4. The third-order valence-corrected chi connectivity index (χ3v) is 3.68. The van der Waals surface area contributed by atoms with Gasteiger partial charge in [0.25, 0.3) is 6.43 Å². The number of nitrogens with two attached hydrogens (primary N) is 1. The van der Waals surface area contributed by atoms with Crippen molar-refractivity contribution in [1.82, 2.24) is 9.80 Å². The molecule has 1 fully saturated rings. The first-order valence-electron chi connectivity index (χ1n) is 6.82. The summed E-state index contributed by atoms with van der Waals surface area (Å²) in [5, 5.41) is 8.89. The van der Waals surface area contributed by atoms with Gasteiger partial charge in [-0.1, -0.05) is 6.07 Å². The summed E-state index contributed by atoms with van der Waals surface area (Å²) in [6.45, 7) is 4.73. The van der Waals surface area contributed by atoms with Gasteiger partial charge < -0.3 is 10.8 Å². The molecule has 112 valence electrons. The van der Waals surface area contributed by atoms with E-state index in [4.69, 9.17) is 10.8 Å². The number of aliphatic hydroxyl groups is 1. The second kappa shape index (κ2) is 6.97. The number of benzene rings is 1. The molecule has 0 amide bonds. The van der Waals surface area contributed by atoms with E-state index in [0.717, 1.165) is 26.2 Å². The zero-order chi connectivity index (χ0) is 14.5. The number of hydrogen-bond donors (Lipinski definition) is 2. The van der Waals surface area contributed by atoms with Crippen molar-refractivity contribution in [1.29, 1.82) is 0 Å². The maximum Gasteiger partial charge on any atom is 0.264 e. The number of halogens is 2. The quantitative estimate of drug-likeness (QED) is 0.801. The lowest BCUT2D eigenvalue weighted by molar-refractivity contribution is 0.106. The van der Waals surface area contributed by atoms with E-state index in [1.807, 2.05) is 0 Å². The van der Waals surface area contributed by atoms with Crippen molar-refractivity contribution in [3.63, 3.8) is 0 Å². The summed E-state index contributed by atoms with van der Waals surface area (Å²) in [6, 6.07) is 4.72. The molecule has 1 heterocycles. The first-order chi connectivity index (χ1) is 9.60. The van der Waals surface area contributed by atoms with Crippen LogP contribution in [-0.4, -0.2) is 54.2 Å². The van der Waals surface area contributed by atoms with Gasteiger partial charge in [-0.15, -0.1) is 0 Å².